The molecule has 0 aromatic heterocycles. The number of nitrogens with one attached hydrogen (secondary N) is 2. The summed E-state index contributed by atoms with van der Waals surface area (Å²) in [6.07, 6.45) is -1.32. The van der Waals surface area contributed by atoms with E-state index in [1.807, 2.05) is 0 Å². The van der Waals surface area contributed by atoms with Gasteiger partial charge in [0.2, 0.25) is 10.3 Å². The fourth-order valence-corrected chi connectivity index (χ4v) is 2.27. The van der Waals surface area contributed by atoms with Crippen LogP contribution in [0.4, 0.5) is 15.3 Å². The molecule has 0 aliphatic heterocycles. The van der Waals surface area contributed by atoms with E-state index >= 15 is 0 Å². The van der Waals surface area contributed by atoms with Crippen LogP contribution in [0.2, 0.25) is 0 Å². The molecule has 0 heterocycles. The molecule has 0 saturated carbocycles. The third kappa shape index (κ3) is 12.3. The number of carbonyl (C=O) groups is 2. The van der Waals surface area contributed by atoms with Crippen LogP contribution in [0.3, 0.4) is 0 Å². The molecule has 1 aromatic rings. The number of amides is 2. The van der Waals surface area contributed by atoms with Crippen molar-refractivity contribution in [3.05, 3.63) is 29.8 Å². The highest BCUT2D eigenvalue weighted by Crippen LogP contribution is 2.12. The molecule has 0 saturated heterocycles. The first kappa shape index (κ1) is 26.0. The van der Waals surface area contributed by atoms with Gasteiger partial charge in [-0.05, 0) is 65.8 Å². The summed E-state index contributed by atoms with van der Waals surface area (Å²) in [6.45, 7) is 9.83. The van der Waals surface area contributed by atoms with E-state index in [1.165, 1.54) is 0 Å². The smallest absolute Gasteiger partial charge is 0.412 e. The second-order valence-electron chi connectivity index (χ2n) is 8.26. The van der Waals surface area contributed by atoms with Crippen molar-refractivity contribution in [3.63, 3.8) is 0 Å². The largest absolute Gasteiger partial charge is 0.444 e. The van der Waals surface area contributed by atoms with Gasteiger partial charge in [-0.2, -0.15) is 8.42 Å². The Labute approximate surface area is 184 Å². The Morgan fingerprint density at radius 3 is 2.00 bits per heavy atom. The molecule has 2 N–H and O–H groups in total. The predicted octanol–water partition coefficient (Wildman–Crippen LogP) is 2.94. The van der Waals surface area contributed by atoms with Crippen LogP contribution in [-0.4, -0.2) is 50.0 Å². The van der Waals surface area contributed by atoms with Gasteiger partial charge >= 0.3 is 12.2 Å². The number of hydrogen-bond acceptors (Lipinski definition) is 7. The van der Waals surface area contributed by atoms with Crippen molar-refractivity contribution in [2.45, 2.75) is 52.7 Å². The highest BCUT2D eigenvalue weighted by atomic mass is 32.2. The standard InChI is InChI=1S/C21H28N2O7S/c1-20(2,3)29-18(24)22-14-17(31(26)27)28-13-7-8-15-9-11-16(12-10-15)23-19(25)30-21(4,5)6/h9-12H,13-14H2,1-6H3,(H,22,24)(H,23,25). The zero-order chi connectivity index (χ0) is 23.7. The molecule has 170 valence electrons. The number of rotatable bonds is 4. The number of ether oxygens (including phenoxy) is 3. The predicted molar refractivity (Wildman–Crippen MR) is 117 cm³/mol. The van der Waals surface area contributed by atoms with Gasteiger partial charge in [0, 0.05) is 11.3 Å². The highest BCUT2D eigenvalue weighted by molar-refractivity contribution is 7.72. The number of hydrogen-bond donors (Lipinski definition) is 2. The van der Waals surface area contributed by atoms with Crippen LogP contribution in [0.1, 0.15) is 47.1 Å². The Hall–Kier alpha value is -3.03. The van der Waals surface area contributed by atoms with E-state index < -0.39 is 33.7 Å². The maximum Gasteiger partial charge on any atom is 0.412 e. The van der Waals surface area contributed by atoms with Gasteiger partial charge in [-0.3, -0.25) is 5.32 Å². The summed E-state index contributed by atoms with van der Waals surface area (Å²) in [5.74, 6) is 5.49. The lowest BCUT2D eigenvalue weighted by molar-refractivity contribution is 0.0532. The van der Waals surface area contributed by atoms with Gasteiger partial charge in [0.15, 0.2) is 5.05 Å². The van der Waals surface area contributed by atoms with Crippen molar-refractivity contribution in [2.75, 3.05) is 18.5 Å². The molecule has 0 atom stereocenters. The Bertz CT molecular complexity index is 966. The van der Waals surface area contributed by atoms with E-state index in [9.17, 15) is 18.0 Å². The molecule has 0 spiro atoms. The Morgan fingerprint density at radius 2 is 1.48 bits per heavy atom. The number of carbonyl (C=O) groups excluding carboxylic acids is 2. The Balaban J connectivity index is 2.56. The summed E-state index contributed by atoms with van der Waals surface area (Å²) in [5.41, 5.74) is -0.121. The lowest BCUT2D eigenvalue weighted by Gasteiger charge is -2.19. The molecule has 0 aliphatic carbocycles. The SMILES string of the molecule is CC(C)(C)OC(=O)NCC(OCC#Cc1ccc(NC(=O)OC(C)(C)C)cc1)=S(=O)=O. The summed E-state index contributed by atoms with van der Waals surface area (Å²) in [4.78, 5) is 23.3. The molecule has 0 radical (unpaired) electrons. The van der Waals surface area contributed by atoms with Crippen LogP contribution in [0.15, 0.2) is 24.3 Å². The summed E-state index contributed by atoms with van der Waals surface area (Å²) in [5, 5.41) is 4.55. The van der Waals surface area contributed by atoms with Gasteiger partial charge in [-0.15, -0.1) is 0 Å². The second kappa shape index (κ2) is 11.4. The lowest BCUT2D eigenvalue weighted by atomic mass is 10.2. The average Bonchev–Trinajstić information content (AvgIpc) is 2.58. The molecule has 9 nitrogen and oxygen atoms in total. The van der Waals surface area contributed by atoms with Gasteiger partial charge in [-0.25, -0.2) is 9.59 Å². The van der Waals surface area contributed by atoms with Gasteiger partial charge in [-0.1, -0.05) is 11.8 Å². The fraction of sp³-hybridized carbons (Fsp3) is 0.476. The maximum absolute atomic E-state index is 11.7. The molecule has 2 amide bonds. The van der Waals surface area contributed by atoms with E-state index in [0.29, 0.717) is 11.3 Å². The third-order valence-corrected chi connectivity index (χ3v) is 3.66. The monoisotopic (exact) mass is 452 g/mol. The first-order chi connectivity index (χ1) is 14.2. The minimum Gasteiger partial charge on any atom is -0.444 e. The Morgan fingerprint density at radius 1 is 0.935 bits per heavy atom. The fourth-order valence-electron chi connectivity index (χ4n) is 1.93. The highest BCUT2D eigenvalue weighted by Gasteiger charge is 2.17. The van der Waals surface area contributed by atoms with Gasteiger partial charge < -0.3 is 19.5 Å². The van der Waals surface area contributed by atoms with E-state index in [-0.39, 0.29) is 18.2 Å². The molecule has 0 unspecified atom stereocenters. The molecule has 0 aliphatic rings. The van der Waals surface area contributed by atoms with Crippen LogP contribution < -0.4 is 10.6 Å². The topological polar surface area (TPSA) is 120 Å². The maximum atomic E-state index is 11.7. The normalized spacial score (nSPS) is 10.9. The minimum atomic E-state index is -2.65. The van der Waals surface area contributed by atoms with Crippen LogP contribution in [0.25, 0.3) is 0 Å². The molecule has 1 rings (SSSR count). The van der Waals surface area contributed by atoms with E-state index in [0.717, 1.165) is 0 Å². The summed E-state index contributed by atoms with van der Waals surface area (Å²) >= 11 is 0. The summed E-state index contributed by atoms with van der Waals surface area (Å²) in [6, 6.07) is 6.67. The van der Waals surface area contributed by atoms with E-state index in [2.05, 4.69) is 22.5 Å². The number of anilines is 1. The van der Waals surface area contributed by atoms with Crippen LogP contribution in [0, 0.1) is 11.8 Å². The van der Waals surface area contributed by atoms with Crippen molar-refractivity contribution in [3.8, 4) is 11.8 Å². The lowest BCUT2D eigenvalue weighted by Crippen LogP contribution is -2.36. The average molecular weight is 453 g/mol. The quantitative estimate of drug-likeness (QED) is 0.532. The van der Waals surface area contributed by atoms with Gasteiger partial charge in [0.05, 0.1) is 6.54 Å². The summed E-state index contributed by atoms with van der Waals surface area (Å²) in [7, 11) is -2.65. The van der Waals surface area contributed by atoms with Crippen molar-refractivity contribution in [2.24, 2.45) is 0 Å². The summed E-state index contributed by atoms with van der Waals surface area (Å²) < 4.78 is 37.8. The Kier molecular flexibility index (Phi) is 9.55. The van der Waals surface area contributed by atoms with E-state index in [1.54, 1.807) is 65.8 Å². The van der Waals surface area contributed by atoms with Gasteiger partial charge in [0.25, 0.3) is 0 Å². The minimum absolute atomic E-state index is 0.197. The van der Waals surface area contributed by atoms with Crippen LogP contribution in [-0.2, 0) is 24.5 Å². The molecule has 1 aromatic carbocycles. The third-order valence-electron chi connectivity index (χ3n) is 3.03. The molecule has 0 fully saturated rings. The van der Waals surface area contributed by atoms with Crippen molar-refractivity contribution >= 4 is 33.2 Å². The van der Waals surface area contributed by atoms with Crippen molar-refractivity contribution in [1.82, 2.24) is 5.32 Å². The first-order valence-electron chi connectivity index (χ1n) is 9.39. The molecular formula is C21H28N2O7S. The molecule has 10 heteroatoms. The number of benzene rings is 1. The molecule has 31 heavy (non-hydrogen) atoms. The number of alkyl carbamates (subject to hydrolysis) is 1. The van der Waals surface area contributed by atoms with E-state index in [4.69, 9.17) is 14.2 Å². The van der Waals surface area contributed by atoms with Gasteiger partial charge in [0.1, 0.15) is 17.8 Å². The molecule has 0 bridgehead atoms. The van der Waals surface area contributed by atoms with Crippen molar-refractivity contribution < 1.29 is 32.2 Å². The van der Waals surface area contributed by atoms with Crippen LogP contribution >= 0.6 is 0 Å². The molecular weight excluding hydrogens is 424 g/mol. The zero-order valence-electron chi connectivity index (χ0n) is 18.5. The zero-order valence-corrected chi connectivity index (χ0v) is 19.3. The van der Waals surface area contributed by atoms with Crippen LogP contribution in [0.5, 0.6) is 0 Å². The second-order valence-corrected chi connectivity index (χ2v) is 9.18. The van der Waals surface area contributed by atoms with Crippen molar-refractivity contribution in [1.29, 1.82) is 0 Å². The first-order valence-corrected chi connectivity index (χ1v) is 10.5.